The number of carbonyl (C=O) groups excluding carboxylic acids is 4. The van der Waals surface area contributed by atoms with Crippen LogP contribution >= 0.6 is 11.6 Å². The lowest BCUT2D eigenvalue weighted by atomic mass is 10.0. The second kappa shape index (κ2) is 19.2. The van der Waals surface area contributed by atoms with Crippen LogP contribution in [0.15, 0.2) is 67.5 Å². The summed E-state index contributed by atoms with van der Waals surface area (Å²) in [4.78, 5) is 64.7. The fraction of sp³-hybridized carbons (Fsp3) is 0.364. The van der Waals surface area contributed by atoms with Crippen molar-refractivity contribution in [2.75, 3.05) is 56.5 Å². The summed E-state index contributed by atoms with van der Waals surface area (Å²) in [5, 5.41) is 8.93. The summed E-state index contributed by atoms with van der Waals surface area (Å²) in [6, 6.07) is 12.7. The number of hydrogen-bond acceptors (Lipinski definition) is 10. The number of piperidine rings is 1. The van der Waals surface area contributed by atoms with Crippen molar-refractivity contribution < 1.29 is 28.3 Å². The lowest BCUT2D eigenvalue weighted by molar-refractivity contribution is -0.137. The van der Waals surface area contributed by atoms with Crippen LogP contribution in [0.5, 0.6) is 5.75 Å². The molecule has 7 rings (SSSR count). The van der Waals surface area contributed by atoms with Crippen LogP contribution in [-0.2, 0) is 20.9 Å². The third-order valence-electron chi connectivity index (χ3n) is 10.8. The predicted molar refractivity (Wildman–Crippen MR) is 224 cm³/mol. The normalized spacial score (nSPS) is 16.9. The van der Waals surface area contributed by atoms with Crippen LogP contribution < -0.4 is 20.7 Å². The molecule has 59 heavy (non-hydrogen) atoms. The van der Waals surface area contributed by atoms with Crippen molar-refractivity contribution in [1.29, 1.82) is 0 Å². The van der Waals surface area contributed by atoms with Crippen LogP contribution in [0.3, 0.4) is 0 Å². The molecule has 4 heterocycles. The van der Waals surface area contributed by atoms with Crippen LogP contribution in [0.1, 0.15) is 66.4 Å². The van der Waals surface area contributed by atoms with E-state index < -0.39 is 17.8 Å². The van der Waals surface area contributed by atoms with Crippen LogP contribution in [0, 0.1) is 17.7 Å². The van der Waals surface area contributed by atoms with Gasteiger partial charge in [-0.05, 0) is 80.3 Å². The van der Waals surface area contributed by atoms with Gasteiger partial charge < -0.3 is 30.1 Å². The predicted octanol–water partition coefficient (Wildman–Crippen LogP) is 6.05. The minimum atomic E-state index is -0.637. The molecule has 3 aliphatic heterocycles. The maximum atomic E-state index is 13.7. The van der Waals surface area contributed by atoms with E-state index in [2.05, 4.69) is 54.1 Å². The highest BCUT2D eigenvalue weighted by Crippen LogP contribution is 2.34. The molecule has 3 N–H and O–H groups in total. The smallest absolute Gasteiger partial charge is 0.255 e. The number of carbonyl (C=O) groups is 4. The quantitative estimate of drug-likeness (QED) is 0.0561. The van der Waals surface area contributed by atoms with E-state index in [1.807, 2.05) is 12.1 Å². The lowest BCUT2D eigenvalue weighted by Crippen LogP contribution is -2.52. The molecule has 0 aliphatic carbocycles. The molecule has 306 valence electrons. The molecule has 2 fully saturated rings. The van der Waals surface area contributed by atoms with E-state index in [9.17, 15) is 23.6 Å². The van der Waals surface area contributed by atoms with Gasteiger partial charge in [-0.15, -0.1) is 0 Å². The summed E-state index contributed by atoms with van der Waals surface area (Å²) in [5.41, 5.74) is 3.85. The SMILES string of the molecule is C=CC(=O)Nc1cc2c(Nc3ccc(F)c(Cl)c3)ncnc2cc1OCCCN1CCN(CCCCCC#Cc2cccc3c2CN(C2CCC(=O)NC2=O)C3=O)CC1. The highest BCUT2D eigenvalue weighted by Gasteiger charge is 2.39. The van der Waals surface area contributed by atoms with Gasteiger partial charge in [0.2, 0.25) is 17.7 Å². The van der Waals surface area contributed by atoms with Crippen molar-refractivity contribution in [3.63, 3.8) is 0 Å². The molecule has 4 aromatic rings. The number of benzene rings is 3. The molecule has 0 saturated carbocycles. The third kappa shape index (κ3) is 10.2. The molecular formula is C44H46ClFN8O5. The molecule has 0 bridgehead atoms. The Kier molecular flexibility index (Phi) is 13.5. The summed E-state index contributed by atoms with van der Waals surface area (Å²) in [5.74, 6) is 5.69. The Labute approximate surface area is 347 Å². The summed E-state index contributed by atoms with van der Waals surface area (Å²) < 4.78 is 19.9. The number of unbranched alkanes of at least 4 members (excludes halogenated alkanes) is 3. The summed E-state index contributed by atoms with van der Waals surface area (Å²) in [6.45, 7) is 10.3. The van der Waals surface area contributed by atoms with E-state index in [0.29, 0.717) is 59.0 Å². The van der Waals surface area contributed by atoms with E-state index in [4.69, 9.17) is 16.3 Å². The highest BCUT2D eigenvalue weighted by molar-refractivity contribution is 6.31. The van der Waals surface area contributed by atoms with Gasteiger partial charge in [-0.2, -0.15) is 0 Å². The monoisotopic (exact) mass is 820 g/mol. The van der Waals surface area contributed by atoms with Gasteiger partial charge in [0.1, 0.15) is 29.8 Å². The van der Waals surface area contributed by atoms with Gasteiger partial charge in [0.05, 0.1) is 22.8 Å². The largest absolute Gasteiger partial charge is 0.491 e. The van der Waals surface area contributed by atoms with Gasteiger partial charge in [0, 0.05) is 80.4 Å². The Bertz CT molecular complexity index is 2320. The van der Waals surface area contributed by atoms with Gasteiger partial charge in [0.15, 0.2) is 0 Å². The van der Waals surface area contributed by atoms with E-state index in [1.54, 1.807) is 29.2 Å². The van der Waals surface area contributed by atoms with E-state index >= 15 is 0 Å². The molecule has 15 heteroatoms. The number of hydrogen-bond donors (Lipinski definition) is 3. The summed E-state index contributed by atoms with van der Waals surface area (Å²) in [6.07, 6.45) is 7.92. The molecule has 1 unspecified atom stereocenters. The molecular weight excluding hydrogens is 775 g/mol. The first-order valence-corrected chi connectivity index (χ1v) is 20.3. The molecule has 4 amide bonds. The van der Waals surface area contributed by atoms with Gasteiger partial charge in [-0.25, -0.2) is 14.4 Å². The summed E-state index contributed by atoms with van der Waals surface area (Å²) in [7, 11) is 0. The van der Waals surface area contributed by atoms with Crippen molar-refractivity contribution in [2.24, 2.45) is 0 Å². The van der Waals surface area contributed by atoms with Gasteiger partial charge in [0.25, 0.3) is 5.91 Å². The number of imide groups is 1. The van der Waals surface area contributed by atoms with Gasteiger partial charge >= 0.3 is 0 Å². The molecule has 3 aromatic carbocycles. The number of aromatic nitrogens is 2. The van der Waals surface area contributed by atoms with Crippen LogP contribution in [0.25, 0.3) is 10.9 Å². The Morgan fingerprint density at radius 1 is 1.02 bits per heavy atom. The maximum absolute atomic E-state index is 13.7. The zero-order chi connectivity index (χ0) is 41.3. The number of rotatable bonds is 15. The number of nitrogens with one attached hydrogen (secondary N) is 3. The number of halogens is 2. The second-order valence-corrected chi connectivity index (χ2v) is 15.2. The van der Waals surface area contributed by atoms with Crippen molar-refractivity contribution in [1.82, 2.24) is 30.0 Å². The third-order valence-corrected chi connectivity index (χ3v) is 11.1. The van der Waals surface area contributed by atoms with Crippen LogP contribution in [0.2, 0.25) is 5.02 Å². The molecule has 13 nitrogen and oxygen atoms in total. The van der Waals surface area contributed by atoms with Crippen LogP contribution in [0.4, 0.5) is 21.6 Å². The van der Waals surface area contributed by atoms with Gasteiger partial charge in [-0.1, -0.05) is 42.5 Å². The molecule has 2 saturated heterocycles. The van der Waals surface area contributed by atoms with Gasteiger partial charge in [-0.3, -0.25) is 24.5 Å². The van der Waals surface area contributed by atoms with E-state index in [-0.39, 0.29) is 29.2 Å². The fourth-order valence-corrected chi connectivity index (χ4v) is 7.77. The molecule has 1 atom stereocenters. The average Bonchev–Trinajstić information content (AvgIpc) is 3.57. The number of nitrogens with zero attached hydrogens (tertiary/aromatic N) is 5. The van der Waals surface area contributed by atoms with E-state index in [1.165, 1.54) is 24.5 Å². The van der Waals surface area contributed by atoms with Crippen molar-refractivity contribution >= 4 is 63.3 Å². The van der Waals surface area contributed by atoms with Crippen LogP contribution in [-0.4, -0.2) is 100 Å². The Morgan fingerprint density at radius 3 is 2.58 bits per heavy atom. The first kappa shape index (κ1) is 41.3. The zero-order valence-electron chi connectivity index (χ0n) is 32.7. The minimum absolute atomic E-state index is 0.0188. The second-order valence-electron chi connectivity index (χ2n) is 14.8. The minimum Gasteiger partial charge on any atom is -0.491 e. The number of piperazine rings is 1. The molecule has 3 aliphatic rings. The highest BCUT2D eigenvalue weighted by atomic mass is 35.5. The molecule has 1 aromatic heterocycles. The average molecular weight is 821 g/mol. The van der Waals surface area contributed by atoms with Crippen molar-refractivity contribution in [2.45, 2.75) is 57.5 Å². The summed E-state index contributed by atoms with van der Waals surface area (Å²) >= 11 is 5.97. The number of amides is 4. The van der Waals surface area contributed by atoms with Crippen molar-refractivity contribution in [3.8, 4) is 17.6 Å². The number of anilines is 3. The Morgan fingerprint density at radius 2 is 1.81 bits per heavy atom. The molecule has 0 spiro atoms. The topological polar surface area (TPSA) is 149 Å². The number of ether oxygens (including phenoxy) is 1. The Hall–Kier alpha value is -5.88. The Balaban J connectivity index is 0.818. The fourth-order valence-electron chi connectivity index (χ4n) is 7.59. The number of fused-ring (bicyclic) bond motifs is 2. The maximum Gasteiger partial charge on any atom is 0.255 e. The van der Waals surface area contributed by atoms with E-state index in [0.717, 1.165) is 82.5 Å². The first-order chi connectivity index (χ1) is 28.7. The molecule has 0 radical (unpaired) electrons. The zero-order valence-corrected chi connectivity index (χ0v) is 33.5. The first-order valence-electron chi connectivity index (χ1n) is 19.9. The van der Waals surface area contributed by atoms with Crippen molar-refractivity contribution in [3.05, 3.63) is 95.0 Å². The standard InChI is InChI=1S/C44H46ClFN8O5/c1-2-40(55)50-37-25-32-36(47-28-48-42(32)49-30-13-14-35(46)34(45)24-30)26-39(37)59-23-9-18-53-21-19-52(20-22-53)17-7-5-3-4-6-10-29-11-8-12-31-33(29)27-54(44(31)58)38-15-16-41(56)51-43(38)57/h2,8,11-14,24-26,28,38H,1,3-5,7,9,15-23,27H2,(H,50,55)(H,47,48,49)(H,51,56,57). The lowest BCUT2D eigenvalue weighted by Gasteiger charge is -2.34.